The van der Waals surface area contributed by atoms with Gasteiger partial charge in [0, 0.05) is 9.75 Å². The van der Waals surface area contributed by atoms with Gasteiger partial charge in [-0.2, -0.15) is 0 Å². The molecule has 118 valence electrons. The highest BCUT2D eigenvalue weighted by molar-refractivity contribution is 7.92. The van der Waals surface area contributed by atoms with Crippen molar-refractivity contribution in [2.24, 2.45) is 0 Å². The van der Waals surface area contributed by atoms with E-state index in [1.54, 1.807) is 35.6 Å². The molecule has 23 heavy (non-hydrogen) atoms. The van der Waals surface area contributed by atoms with E-state index < -0.39 is 15.1 Å². The molecule has 1 heterocycles. The minimum absolute atomic E-state index is 0.361. The number of aryl methyl sites for hydroxylation is 1. The van der Waals surface area contributed by atoms with Gasteiger partial charge in [0.05, 0.1) is 4.90 Å². The molecule has 0 aliphatic heterocycles. The lowest BCUT2D eigenvalue weighted by molar-refractivity contribution is 0.589. The Morgan fingerprint density at radius 2 is 1.48 bits per heavy atom. The molecule has 1 aromatic heterocycles. The quantitative estimate of drug-likeness (QED) is 0.662. The first kappa shape index (κ1) is 16.0. The number of sulfone groups is 1. The van der Waals surface area contributed by atoms with Gasteiger partial charge in [-0.15, -0.1) is 11.3 Å². The van der Waals surface area contributed by atoms with Crippen LogP contribution in [0, 0.1) is 0 Å². The van der Waals surface area contributed by atoms with E-state index >= 15 is 0 Å². The van der Waals surface area contributed by atoms with Crippen LogP contribution < -0.4 is 0 Å². The van der Waals surface area contributed by atoms with Crippen molar-refractivity contribution < 1.29 is 8.42 Å². The molecule has 0 bridgehead atoms. The summed E-state index contributed by atoms with van der Waals surface area (Å²) in [5.74, 6) is 0. The molecular weight excluding hydrogens is 324 g/mol. The number of rotatable bonds is 5. The van der Waals surface area contributed by atoms with Crippen molar-refractivity contribution >= 4 is 21.2 Å². The second-order valence-electron chi connectivity index (χ2n) is 5.31. The molecule has 0 saturated carbocycles. The van der Waals surface area contributed by atoms with Crippen LogP contribution in [0.4, 0.5) is 0 Å². The molecule has 0 saturated heterocycles. The third-order valence-electron chi connectivity index (χ3n) is 3.77. The van der Waals surface area contributed by atoms with Crippen molar-refractivity contribution in [1.82, 2.24) is 0 Å². The summed E-state index contributed by atoms with van der Waals surface area (Å²) in [6.07, 6.45) is 0.914. The second-order valence-corrected chi connectivity index (χ2v) is 8.54. The monoisotopic (exact) mass is 342 g/mol. The van der Waals surface area contributed by atoms with Crippen molar-refractivity contribution in [1.29, 1.82) is 0 Å². The molecule has 1 atom stereocenters. The first-order chi connectivity index (χ1) is 11.1. The van der Waals surface area contributed by atoms with E-state index in [1.807, 2.05) is 48.5 Å². The predicted molar refractivity (Wildman–Crippen MR) is 95.6 cm³/mol. The Morgan fingerprint density at radius 1 is 0.870 bits per heavy atom. The molecule has 3 rings (SSSR count). The van der Waals surface area contributed by atoms with Gasteiger partial charge in [0.2, 0.25) is 0 Å². The first-order valence-corrected chi connectivity index (χ1v) is 9.91. The summed E-state index contributed by atoms with van der Waals surface area (Å²) < 4.78 is 26.5. The smallest absolute Gasteiger partial charge is 0.190 e. The lowest BCUT2D eigenvalue weighted by atomic mass is 10.1. The molecule has 0 N–H and O–H groups in total. The van der Waals surface area contributed by atoms with Crippen LogP contribution in [0.3, 0.4) is 0 Å². The minimum Gasteiger partial charge on any atom is -0.223 e. The van der Waals surface area contributed by atoms with Crippen LogP contribution in [-0.4, -0.2) is 8.42 Å². The summed E-state index contributed by atoms with van der Waals surface area (Å²) in [5, 5.41) is -0.656. The van der Waals surface area contributed by atoms with E-state index in [0.717, 1.165) is 16.9 Å². The van der Waals surface area contributed by atoms with Gasteiger partial charge >= 0.3 is 0 Å². The largest absolute Gasteiger partial charge is 0.223 e. The maximum absolute atomic E-state index is 13.2. The van der Waals surface area contributed by atoms with Gasteiger partial charge in [-0.05, 0) is 36.2 Å². The average molecular weight is 342 g/mol. The molecule has 0 spiro atoms. The summed E-state index contributed by atoms with van der Waals surface area (Å²) in [7, 11) is -3.49. The van der Waals surface area contributed by atoms with Crippen LogP contribution in [0.2, 0.25) is 0 Å². The molecule has 0 fully saturated rings. The van der Waals surface area contributed by atoms with Gasteiger partial charge in [-0.1, -0.05) is 55.5 Å². The number of thiophene rings is 1. The van der Waals surface area contributed by atoms with Gasteiger partial charge in [-0.3, -0.25) is 0 Å². The Labute approximate surface area is 141 Å². The van der Waals surface area contributed by atoms with E-state index in [4.69, 9.17) is 0 Å². The number of benzene rings is 2. The molecule has 2 nitrogen and oxygen atoms in total. The average Bonchev–Trinajstić information content (AvgIpc) is 3.05. The van der Waals surface area contributed by atoms with Crippen LogP contribution in [0.25, 0.3) is 0 Å². The molecule has 3 aromatic rings. The van der Waals surface area contributed by atoms with E-state index in [-0.39, 0.29) is 0 Å². The Hall–Kier alpha value is -1.91. The maximum atomic E-state index is 13.2. The summed E-state index contributed by atoms with van der Waals surface area (Å²) in [6.45, 7) is 2.08. The summed E-state index contributed by atoms with van der Waals surface area (Å²) in [5.41, 5.74) is 0.806. The Bertz CT molecular complexity index is 866. The van der Waals surface area contributed by atoms with E-state index in [1.165, 1.54) is 4.88 Å². The van der Waals surface area contributed by atoms with Crippen LogP contribution in [0.15, 0.2) is 77.7 Å². The fraction of sp³-hybridized carbons (Fsp3) is 0.158. The van der Waals surface area contributed by atoms with Crippen LogP contribution in [0.1, 0.15) is 27.5 Å². The van der Waals surface area contributed by atoms with Crippen LogP contribution in [0.5, 0.6) is 0 Å². The zero-order valence-electron chi connectivity index (χ0n) is 12.8. The highest BCUT2D eigenvalue weighted by Crippen LogP contribution is 2.38. The van der Waals surface area contributed by atoms with Gasteiger partial charge < -0.3 is 0 Å². The topological polar surface area (TPSA) is 34.1 Å². The standard InChI is InChI=1S/C19H18O2S2/c1-2-16-13-14-18(22-16)19(15-9-5-3-6-10-15)23(20,21)17-11-7-4-8-12-17/h3-14,19H,2H2,1H3. The highest BCUT2D eigenvalue weighted by Gasteiger charge is 2.31. The SMILES string of the molecule is CCc1ccc(C(c2ccccc2)S(=O)(=O)c2ccccc2)s1. The van der Waals surface area contributed by atoms with E-state index in [9.17, 15) is 8.42 Å². The van der Waals surface area contributed by atoms with E-state index in [0.29, 0.717) is 4.90 Å². The fourth-order valence-corrected chi connectivity index (χ4v) is 5.79. The summed E-state index contributed by atoms with van der Waals surface area (Å²) in [4.78, 5) is 2.43. The second kappa shape index (κ2) is 6.69. The zero-order valence-corrected chi connectivity index (χ0v) is 14.5. The molecule has 0 amide bonds. The Balaban J connectivity index is 2.16. The van der Waals surface area contributed by atoms with E-state index in [2.05, 4.69) is 6.92 Å². The Morgan fingerprint density at radius 3 is 2.04 bits per heavy atom. The Kier molecular flexibility index (Phi) is 4.64. The zero-order chi connectivity index (χ0) is 16.3. The molecule has 0 aliphatic carbocycles. The third-order valence-corrected chi connectivity index (χ3v) is 7.29. The molecule has 0 aliphatic rings. The maximum Gasteiger partial charge on any atom is 0.190 e. The third kappa shape index (κ3) is 3.23. The molecule has 0 radical (unpaired) electrons. The van der Waals surface area contributed by atoms with Crippen molar-refractivity contribution in [3.63, 3.8) is 0 Å². The van der Waals surface area contributed by atoms with Gasteiger partial charge in [0.25, 0.3) is 0 Å². The summed E-state index contributed by atoms with van der Waals surface area (Å²) >= 11 is 1.58. The predicted octanol–water partition coefficient (Wildman–Crippen LogP) is 4.87. The lowest BCUT2D eigenvalue weighted by Crippen LogP contribution is -2.14. The minimum atomic E-state index is -3.49. The molecule has 4 heteroatoms. The molecule has 1 unspecified atom stereocenters. The fourth-order valence-electron chi connectivity index (χ4n) is 2.60. The van der Waals surface area contributed by atoms with Crippen molar-refractivity contribution in [3.05, 3.63) is 88.1 Å². The summed E-state index contributed by atoms with van der Waals surface area (Å²) in [6, 6.07) is 22.1. The first-order valence-electron chi connectivity index (χ1n) is 7.55. The van der Waals surface area contributed by atoms with Crippen molar-refractivity contribution in [3.8, 4) is 0 Å². The van der Waals surface area contributed by atoms with Crippen LogP contribution in [-0.2, 0) is 16.3 Å². The highest BCUT2D eigenvalue weighted by atomic mass is 32.2. The number of hydrogen-bond acceptors (Lipinski definition) is 3. The van der Waals surface area contributed by atoms with Gasteiger partial charge in [0.1, 0.15) is 5.25 Å². The van der Waals surface area contributed by atoms with Crippen LogP contribution >= 0.6 is 11.3 Å². The number of hydrogen-bond donors (Lipinski definition) is 0. The normalized spacial score (nSPS) is 12.9. The molecule has 2 aromatic carbocycles. The van der Waals surface area contributed by atoms with Crippen molar-refractivity contribution in [2.45, 2.75) is 23.5 Å². The lowest BCUT2D eigenvalue weighted by Gasteiger charge is -2.17. The van der Waals surface area contributed by atoms with Crippen molar-refractivity contribution in [2.75, 3.05) is 0 Å². The van der Waals surface area contributed by atoms with Gasteiger partial charge in [-0.25, -0.2) is 8.42 Å². The molecular formula is C19H18O2S2. The van der Waals surface area contributed by atoms with Gasteiger partial charge in [0.15, 0.2) is 9.84 Å².